The first-order valence-electron chi connectivity index (χ1n) is 13.6. The number of anilines is 1. The monoisotopic (exact) mass is 553 g/mol. The molecule has 0 aromatic heterocycles. The molecule has 4 N–H and O–H groups in total. The Morgan fingerprint density at radius 2 is 1.69 bits per heavy atom. The second kappa shape index (κ2) is 12.9. The van der Waals surface area contributed by atoms with E-state index in [2.05, 4.69) is 22.8 Å². The van der Waals surface area contributed by atoms with Gasteiger partial charge in [0.25, 0.3) is 0 Å². The third-order valence-corrected chi connectivity index (χ3v) is 8.55. The van der Waals surface area contributed by atoms with Gasteiger partial charge in [0.1, 0.15) is 11.6 Å². The van der Waals surface area contributed by atoms with E-state index in [0.717, 1.165) is 30.4 Å². The number of hydrogen-bond donors (Lipinski definition) is 3. The fourth-order valence-electron chi connectivity index (χ4n) is 4.89. The smallest absolute Gasteiger partial charge is 0.307 e. The Morgan fingerprint density at radius 1 is 1.03 bits per heavy atom. The maximum atomic E-state index is 13.8. The van der Waals surface area contributed by atoms with Crippen molar-refractivity contribution in [2.24, 2.45) is 5.92 Å². The van der Waals surface area contributed by atoms with E-state index in [9.17, 15) is 14.4 Å². The molecule has 3 rings (SSSR count). The SMILES string of the molecule is CSC(C)(C)[C@H](CC(=O)OC(C)(C)C)C(=O)NC(Cc1ccc(N)cc1)C(=O)NC1CCCc2ccccc21. The minimum atomic E-state index is -0.825. The lowest BCUT2D eigenvalue weighted by atomic mass is 9.87. The van der Waals surface area contributed by atoms with E-state index in [1.165, 1.54) is 17.3 Å². The van der Waals surface area contributed by atoms with E-state index in [1.54, 1.807) is 32.9 Å². The molecule has 0 heterocycles. The molecule has 0 aliphatic heterocycles. The van der Waals surface area contributed by atoms with E-state index in [1.807, 2.05) is 44.4 Å². The molecule has 2 aromatic rings. The van der Waals surface area contributed by atoms with Crippen molar-refractivity contribution < 1.29 is 19.1 Å². The summed E-state index contributed by atoms with van der Waals surface area (Å²) in [6, 6.07) is 14.5. The summed E-state index contributed by atoms with van der Waals surface area (Å²) < 4.78 is 4.97. The third-order valence-electron chi connectivity index (χ3n) is 7.21. The Kier molecular flexibility index (Phi) is 10.1. The summed E-state index contributed by atoms with van der Waals surface area (Å²) in [4.78, 5) is 40.3. The van der Waals surface area contributed by atoms with Crippen molar-refractivity contribution in [3.8, 4) is 0 Å². The zero-order valence-corrected chi connectivity index (χ0v) is 24.8. The average molecular weight is 554 g/mol. The fourth-order valence-corrected chi connectivity index (χ4v) is 5.37. The number of nitrogens with two attached hydrogens (primary N) is 1. The molecule has 39 heavy (non-hydrogen) atoms. The van der Waals surface area contributed by atoms with Gasteiger partial charge in [-0.25, -0.2) is 0 Å². The average Bonchev–Trinajstić information content (AvgIpc) is 2.87. The van der Waals surface area contributed by atoms with Gasteiger partial charge in [-0.15, -0.1) is 0 Å². The summed E-state index contributed by atoms with van der Waals surface area (Å²) >= 11 is 1.50. The summed E-state index contributed by atoms with van der Waals surface area (Å²) in [5.74, 6) is -1.73. The number of rotatable bonds is 10. The van der Waals surface area contributed by atoms with Gasteiger partial charge in [-0.2, -0.15) is 11.8 Å². The summed E-state index contributed by atoms with van der Waals surface area (Å²) in [7, 11) is 0. The van der Waals surface area contributed by atoms with Crippen molar-refractivity contribution in [1.29, 1.82) is 0 Å². The number of carbonyl (C=O) groups excluding carboxylic acids is 3. The van der Waals surface area contributed by atoms with Crippen LogP contribution >= 0.6 is 11.8 Å². The number of aryl methyl sites for hydroxylation is 1. The Bertz CT molecular complexity index is 1160. The predicted octanol–water partition coefficient (Wildman–Crippen LogP) is 4.98. The topological polar surface area (TPSA) is 111 Å². The van der Waals surface area contributed by atoms with Crippen LogP contribution in [0.5, 0.6) is 0 Å². The van der Waals surface area contributed by atoms with Gasteiger partial charge in [-0.05, 0) is 89.0 Å². The molecule has 0 radical (unpaired) electrons. The molecule has 212 valence electrons. The number of amides is 2. The van der Waals surface area contributed by atoms with E-state index >= 15 is 0 Å². The van der Waals surface area contributed by atoms with Crippen LogP contribution in [0.25, 0.3) is 0 Å². The summed E-state index contributed by atoms with van der Waals surface area (Å²) in [5.41, 5.74) is 9.08. The molecule has 1 aliphatic rings. The van der Waals surface area contributed by atoms with Gasteiger partial charge in [0.15, 0.2) is 0 Å². The minimum Gasteiger partial charge on any atom is -0.460 e. The van der Waals surface area contributed by atoms with E-state index < -0.39 is 28.3 Å². The standard InChI is InChI=1S/C31H43N3O4S/c1-30(2,3)38-27(35)19-24(31(4,5)39-6)28(36)34-26(18-20-14-16-22(32)17-15-20)29(37)33-25-13-9-11-21-10-7-8-12-23(21)25/h7-8,10,12,14-17,24-26H,9,11,13,18-19,32H2,1-6H3,(H,33,37)(H,34,36)/t24-,25?,26?/m1/s1. The molecule has 0 fully saturated rings. The van der Waals surface area contributed by atoms with Crippen molar-refractivity contribution in [3.05, 3.63) is 65.2 Å². The quantitative estimate of drug-likeness (QED) is 0.283. The zero-order chi connectivity index (χ0) is 28.8. The number of thioether (sulfide) groups is 1. The molecule has 3 atom stereocenters. The molecule has 1 aliphatic carbocycles. The van der Waals surface area contributed by atoms with Gasteiger partial charge in [0.05, 0.1) is 18.4 Å². The zero-order valence-electron chi connectivity index (χ0n) is 24.0. The van der Waals surface area contributed by atoms with Crippen molar-refractivity contribution >= 4 is 35.2 Å². The highest BCUT2D eigenvalue weighted by molar-refractivity contribution is 8.00. The number of hydrogen-bond acceptors (Lipinski definition) is 6. The molecular formula is C31H43N3O4S. The van der Waals surface area contributed by atoms with Crippen LogP contribution in [0, 0.1) is 5.92 Å². The lowest BCUT2D eigenvalue weighted by Crippen LogP contribution is -2.53. The van der Waals surface area contributed by atoms with E-state index in [-0.39, 0.29) is 24.3 Å². The molecule has 0 saturated carbocycles. The van der Waals surface area contributed by atoms with Crippen LogP contribution in [0.2, 0.25) is 0 Å². The van der Waals surface area contributed by atoms with Gasteiger partial charge in [-0.1, -0.05) is 36.4 Å². The summed E-state index contributed by atoms with van der Waals surface area (Å²) in [6.45, 7) is 9.27. The molecule has 8 heteroatoms. The lowest BCUT2D eigenvalue weighted by Gasteiger charge is -2.34. The fraction of sp³-hybridized carbons (Fsp3) is 0.516. The largest absolute Gasteiger partial charge is 0.460 e. The Labute approximate surface area is 237 Å². The highest BCUT2D eigenvalue weighted by atomic mass is 32.2. The molecule has 2 amide bonds. The first-order chi connectivity index (χ1) is 18.3. The molecule has 2 aromatic carbocycles. The van der Waals surface area contributed by atoms with Crippen LogP contribution in [-0.2, 0) is 32.0 Å². The first kappa shape index (κ1) is 30.5. The summed E-state index contributed by atoms with van der Waals surface area (Å²) in [5, 5.41) is 6.20. The van der Waals surface area contributed by atoms with Gasteiger partial charge in [0.2, 0.25) is 11.8 Å². The molecular weight excluding hydrogens is 510 g/mol. The third kappa shape index (κ3) is 8.75. The van der Waals surface area contributed by atoms with Crippen molar-refractivity contribution in [1.82, 2.24) is 10.6 Å². The Balaban J connectivity index is 1.85. The highest BCUT2D eigenvalue weighted by Gasteiger charge is 2.39. The molecule has 7 nitrogen and oxygen atoms in total. The number of carbonyl (C=O) groups is 3. The molecule has 0 spiro atoms. The number of nitrogens with one attached hydrogen (secondary N) is 2. The number of benzene rings is 2. The number of fused-ring (bicyclic) bond motifs is 1. The first-order valence-corrected chi connectivity index (χ1v) is 14.8. The Morgan fingerprint density at radius 3 is 2.33 bits per heavy atom. The molecule has 2 unspecified atom stereocenters. The van der Waals surface area contributed by atoms with Crippen LogP contribution < -0.4 is 16.4 Å². The highest BCUT2D eigenvalue weighted by Crippen LogP contribution is 2.34. The maximum Gasteiger partial charge on any atom is 0.307 e. The predicted molar refractivity (Wildman–Crippen MR) is 158 cm³/mol. The molecule has 0 saturated heterocycles. The van der Waals surface area contributed by atoms with Crippen LogP contribution in [0.3, 0.4) is 0 Å². The van der Waals surface area contributed by atoms with Gasteiger partial charge in [-0.3, -0.25) is 14.4 Å². The van der Waals surface area contributed by atoms with Crippen LogP contribution in [0.15, 0.2) is 48.5 Å². The van der Waals surface area contributed by atoms with Crippen LogP contribution in [0.4, 0.5) is 5.69 Å². The lowest BCUT2D eigenvalue weighted by molar-refractivity contribution is -0.157. The number of ether oxygens (including phenoxy) is 1. The van der Waals surface area contributed by atoms with Crippen molar-refractivity contribution in [2.75, 3.05) is 12.0 Å². The van der Waals surface area contributed by atoms with Crippen LogP contribution in [0.1, 0.15) is 76.6 Å². The van der Waals surface area contributed by atoms with Crippen molar-refractivity contribution in [2.45, 2.75) is 89.2 Å². The second-order valence-corrected chi connectivity index (χ2v) is 13.3. The van der Waals surface area contributed by atoms with E-state index in [4.69, 9.17) is 10.5 Å². The van der Waals surface area contributed by atoms with Crippen molar-refractivity contribution in [3.63, 3.8) is 0 Å². The molecule has 0 bridgehead atoms. The normalized spacial score (nSPS) is 16.9. The number of esters is 1. The Hall–Kier alpha value is -3.00. The van der Waals surface area contributed by atoms with Gasteiger partial charge >= 0.3 is 5.97 Å². The van der Waals surface area contributed by atoms with Gasteiger partial charge < -0.3 is 21.1 Å². The van der Waals surface area contributed by atoms with E-state index in [0.29, 0.717) is 12.1 Å². The second-order valence-electron chi connectivity index (χ2n) is 11.8. The number of nitrogen functional groups attached to an aromatic ring is 1. The summed E-state index contributed by atoms with van der Waals surface area (Å²) in [6.07, 6.45) is 4.94. The minimum absolute atomic E-state index is 0.0802. The van der Waals surface area contributed by atoms with Gasteiger partial charge in [0, 0.05) is 16.9 Å². The maximum absolute atomic E-state index is 13.8. The van der Waals surface area contributed by atoms with Crippen LogP contribution in [-0.4, -0.2) is 40.4 Å².